The normalized spacial score (nSPS) is 9.81. The fourth-order valence-electron chi connectivity index (χ4n) is 2.16. The molecule has 0 heterocycles. The van der Waals surface area contributed by atoms with E-state index in [9.17, 15) is 0 Å². The average molecular weight is 946 g/mol. The fraction of sp³-hybridized carbons (Fsp3) is 0.364. The second kappa shape index (κ2) is 27.7. The van der Waals surface area contributed by atoms with Gasteiger partial charge in [-0.1, -0.05) is 63.1 Å². The van der Waals surface area contributed by atoms with Crippen LogP contribution in [0.25, 0.3) is 0 Å². The molecule has 0 aliphatic rings. The Morgan fingerprint density at radius 2 is 1.25 bits per heavy atom. The zero-order valence-electron chi connectivity index (χ0n) is 22.9. The summed E-state index contributed by atoms with van der Waals surface area (Å²) in [7, 11) is 0.0833. The van der Waals surface area contributed by atoms with Crippen LogP contribution in [0.2, 0.25) is 0 Å². The number of rotatable bonds is 8. The molecule has 0 fully saturated rings. The van der Waals surface area contributed by atoms with Crippen molar-refractivity contribution in [3.8, 4) is 0 Å². The SMILES string of the molecule is CCCCNC(=S)NCCCC.S=C(Nc1ccccc1)Nc1ccccc1.[2H]P[3H].[2H][B][3H].[U].[U]. The van der Waals surface area contributed by atoms with Gasteiger partial charge < -0.3 is 21.3 Å². The first-order chi connectivity index (χ1) is 16.5. The van der Waals surface area contributed by atoms with Gasteiger partial charge in [0.15, 0.2) is 10.2 Å². The molecule has 0 aliphatic carbocycles. The molecule has 2 rings (SSSR count). The first kappa shape index (κ1) is 30.4. The van der Waals surface area contributed by atoms with Crippen LogP contribution in [0.3, 0.4) is 0 Å². The van der Waals surface area contributed by atoms with Crippen LogP contribution in [0.15, 0.2) is 60.7 Å². The first-order valence-corrected chi connectivity index (χ1v) is 10.7. The van der Waals surface area contributed by atoms with Gasteiger partial charge in [0.1, 0.15) is 0 Å². The number of anilines is 2. The minimum Gasteiger partial charge on any atom is -0.363 e. The second-order valence-corrected chi connectivity index (χ2v) is 7.02. The molecule has 10 heteroatoms. The molecule has 0 spiro atoms. The summed E-state index contributed by atoms with van der Waals surface area (Å²) < 4.78 is 23.3. The summed E-state index contributed by atoms with van der Waals surface area (Å²) in [6.45, 7) is 6.34. The molecule has 0 aliphatic heterocycles. The van der Waals surface area contributed by atoms with Crippen molar-refractivity contribution >= 4 is 64.2 Å². The molecule has 32 heavy (non-hydrogen) atoms. The number of nitrogens with one attached hydrogen (secondary N) is 4. The quantitative estimate of drug-likeness (QED) is 0.134. The van der Waals surface area contributed by atoms with Gasteiger partial charge in [0.2, 0.25) is 0 Å². The van der Waals surface area contributed by atoms with Gasteiger partial charge in [-0.3, -0.25) is 0 Å². The Hall–Kier alpha value is 0.419. The van der Waals surface area contributed by atoms with E-state index in [1.807, 2.05) is 60.7 Å². The molecule has 173 valence electrons. The summed E-state index contributed by atoms with van der Waals surface area (Å²) in [6.07, 6.45) is 4.81. The minimum atomic E-state index is -0.417. The minimum absolute atomic E-state index is 0. The van der Waals surface area contributed by atoms with Gasteiger partial charge >= 0.3 is 0 Å². The van der Waals surface area contributed by atoms with E-state index in [-0.39, 0.29) is 62.2 Å². The molecule has 1 unspecified atom stereocenters. The van der Waals surface area contributed by atoms with Gasteiger partial charge in [-0.25, -0.2) is 0 Å². The predicted molar refractivity (Wildman–Crippen MR) is 151 cm³/mol. The fourth-order valence-corrected chi connectivity index (χ4v) is 2.60. The van der Waals surface area contributed by atoms with E-state index >= 15 is 0 Å². The van der Waals surface area contributed by atoms with Crippen LogP contribution in [0, 0.1) is 62.2 Å². The molecular formula is C22H37BN4PS2U2. The van der Waals surface area contributed by atoms with E-state index in [1.165, 1.54) is 25.7 Å². The smallest absolute Gasteiger partial charge is 0.175 e. The first-order valence-electron chi connectivity index (χ1n) is 12.0. The third-order valence-corrected chi connectivity index (χ3v) is 4.19. The van der Waals surface area contributed by atoms with Crippen molar-refractivity contribution in [3.63, 3.8) is 0 Å². The van der Waals surface area contributed by atoms with Crippen molar-refractivity contribution in [2.45, 2.75) is 39.5 Å². The summed E-state index contributed by atoms with van der Waals surface area (Å²) in [5.74, 6) is 0. The summed E-state index contributed by atoms with van der Waals surface area (Å²) in [5, 5.41) is 13.9. The topological polar surface area (TPSA) is 48.1 Å². The standard InChI is InChI=1S/C13H12N2S.C9H20N2S.BH2.H3P.2U/c16-13(14-11-7-3-1-4-8-11)15-12-9-5-2-6-10-12;1-3-5-7-10-9(12)11-8-6-4-2;;;;/h1-10H,(H2,14,15,16);3-8H2,1-2H3,(H2,10,11,12);1H2;1H3;;/i;;2*1TD;;. The average Bonchev–Trinajstić information content (AvgIpc) is 2.82. The molecule has 0 saturated carbocycles. The molecule has 0 aromatic heterocycles. The number of para-hydroxylation sites is 2. The Kier molecular flexibility index (Phi) is 26.3. The van der Waals surface area contributed by atoms with Gasteiger partial charge in [-0.15, -0.1) is 0 Å². The van der Waals surface area contributed by atoms with Gasteiger partial charge in [0.25, 0.3) is 0 Å². The summed E-state index contributed by atoms with van der Waals surface area (Å²) in [4.78, 5) is 0. The van der Waals surface area contributed by atoms with Crippen LogP contribution >= 0.6 is 34.2 Å². The molecule has 0 saturated heterocycles. The maximum atomic E-state index is 5.90. The van der Waals surface area contributed by atoms with Crippen molar-refractivity contribution in [2.75, 3.05) is 23.7 Å². The molecule has 1 atom stereocenters. The number of hydrogen-bond donors (Lipinski definition) is 4. The Labute approximate surface area is 263 Å². The maximum absolute atomic E-state index is 5.90. The van der Waals surface area contributed by atoms with E-state index in [2.05, 4.69) is 35.1 Å². The Balaban J connectivity index is -0.000000229. The van der Waals surface area contributed by atoms with Gasteiger partial charge in [0, 0.05) is 86.7 Å². The molecule has 1 radical (unpaired) electrons. The third-order valence-electron chi connectivity index (χ3n) is 3.70. The summed E-state index contributed by atoms with van der Waals surface area (Å²) in [6, 6.07) is 19.7. The van der Waals surface area contributed by atoms with E-state index < -0.39 is 9.79 Å². The van der Waals surface area contributed by atoms with Crippen LogP contribution in [0.5, 0.6) is 0 Å². The maximum Gasteiger partial charge on any atom is 0.175 e. The Morgan fingerprint density at radius 3 is 1.56 bits per heavy atom. The van der Waals surface area contributed by atoms with Crippen molar-refractivity contribution in [1.29, 1.82) is 5.23 Å². The number of unbranched alkanes of at least 4 members (excludes halogenated alkanes) is 2. The van der Waals surface area contributed by atoms with Gasteiger partial charge in [-0.05, 0) is 64.2 Å². The second-order valence-electron chi connectivity index (χ2n) is 6.20. The van der Waals surface area contributed by atoms with Crippen molar-refractivity contribution in [3.05, 3.63) is 60.7 Å². The zero-order valence-corrected chi connectivity index (χ0v) is 29.9. The van der Waals surface area contributed by atoms with Crippen LogP contribution in [-0.4, -0.2) is 36.9 Å². The number of thiocarbonyl (C=S) groups is 2. The molecule has 2 aromatic rings. The monoisotopic (exact) mass is 945 g/mol. The van der Waals surface area contributed by atoms with Crippen molar-refractivity contribution in [1.82, 2.24) is 10.6 Å². The van der Waals surface area contributed by atoms with Gasteiger partial charge in [-0.2, -0.15) is 9.79 Å². The number of benzene rings is 2. The van der Waals surface area contributed by atoms with Crippen LogP contribution in [0.1, 0.15) is 39.5 Å². The molecule has 2 aromatic carbocycles. The molecular weight excluding hydrogens is 902 g/mol. The van der Waals surface area contributed by atoms with Crippen LogP contribution in [-0.2, 0) is 0 Å². The molecule has 4 N–H and O–H groups in total. The molecule has 4 nitrogen and oxygen atoms in total. The summed E-state index contributed by atoms with van der Waals surface area (Å²) >= 11 is 10.3. The third kappa shape index (κ3) is 22.2. The summed E-state index contributed by atoms with van der Waals surface area (Å²) in [5.41, 5.74) is 1.96. The van der Waals surface area contributed by atoms with Crippen LogP contribution < -0.4 is 21.3 Å². The Morgan fingerprint density at radius 1 is 0.906 bits per heavy atom. The predicted octanol–water partition coefficient (Wildman–Crippen LogP) is 4.69. The van der Waals surface area contributed by atoms with Gasteiger partial charge in [0.05, 0.1) is 10.9 Å². The zero-order chi connectivity index (χ0) is 25.9. The molecule has 0 amide bonds. The number of hydrogen-bond acceptors (Lipinski definition) is 2. The largest absolute Gasteiger partial charge is 0.363 e. The van der Waals surface area contributed by atoms with E-state index in [1.54, 1.807) is 0 Å². The molecule has 0 bridgehead atoms. The van der Waals surface area contributed by atoms with E-state index in [4.69, 9.17) is 29.7 Å². The van der Waals surface area contributed by atoms with E-state index in [0.29, 0.717) is 13.5 Å². The Bertz CT molecular complexity index is 676. The van der Waals surface area contributed by atoms with Crippen LogP contribution in [0.4, 0.5) is 11.4 Å². The van der Waals surface area contributed by atoms with Crippen molar-refractivity contribution in [2.24, 2.45) is 0 Å². The van der Waals surface area contributed by atoms with E-state index in [0.717, 1.165) is 29.6 Å². The van der Waals surface area contributed by atoms with Crippen molar-refractivity contribution < 1.29 is 62.2 Å².